The first kappa shape index (κ1) is 19.1. The molecule has 0 heterocycles. The normalized spacial score (nSPS) is 15.6. The van der Waals surface area contributed by atoms with Crippen molar-refractivity contribution >= 4 is 18.2 Å². The molecule has 19 heavy (non-hydrogen) atoms. The third kappa shape index (κ3) is 10.5. The van der Waals surface area contributed by atoms with E-state index in [1.165, 1.54) is 6.92 Å². The summed E-state index contributed by atoms with van der Waals surface area (Å²) in [6.07, 6.45) is -9.21. The van der Waals surface area contributed by atoms with Crippen LogP contribution in [0.1, 0.15) is 20.3 Å². The first-order valence-corrected chi connectivity index (χ1v) is 8.10. The van der Waals surface area contributed by atoms with E-state index in [0.29, 0.717) is 17.8 Å². The summed E-state index contributed by atoms with van der Waals surface area (Å²) in [6.45, 7) is -5.23. The molecule has 0 radical (unpaired) electrons. The molecule has 0 N–H and O–H groups in total. The summed E-state index contributed by atoms with van der Waals surface area (Å²) in [6, 6.07) is 0. The van der Waals surface area contributed by atoms with Gasteiger partial charge in [0.05, 0.1) is 0 Å². The molecular formula is C8H13F6O3PS. The highest BCUT2D eigenvalue weighted by molar-refractivity contribution is 8.55. The predicted octanol–water partition coefficient (Wildman–Crippen LogP) is 4.78. The van der Waals surface area contributed by atoms with Gasteiger partial charge in [-0.3, -0.25) is 9.05 Å². The highest BCUT2D eigenvalue weighted by Crippen LogP contribution is 2.63. The maximum atomic E-state index is 11.9. The fraction of sp³-hybridized carbons (Fsp3) is 1.00. The molecule has 0 aromatic carbocycles. The highest BCUT2D eigenvalue weighted by atomic mass is 32.7. The van der Waals surface area contributed by atoms with E-state index in [-0.39, 0.29) is 0 Å². The van der Waals surface area contributed by atoms with Crippen LogP contribution >= 0.6 is 18.2 Å². The number of hydrogen-bond donors (Lipinski definition) is 0. The molecule has 1 unspecified atom stereocenters. The van der Waals surface area contributed by atoms with Gasteiger partial charge in [-0.1, -0.05) is 13.8 Å². The van der Waals surface area contributed by atoms with E-state index in [1.807, 2.05) is 0 Å². The van der Waals surface area contributed by atoms with Gasteiger partial charge in [0, 0.05) is 5.25 Å². The monoisotopic (exact) mass is 334 g/mol. The molecule has 0 amide bonds. The SMILES string of the molecule is CCC(C)SP(=O)(OCC(F)(F)F)OCC(F)(F)F. The topological polar surface area (TPSA) is 35.5 Å². The van der Waals surface area contributed by atoms with Crippen LogP contribution in [-0.2, 0) is 13.6 Å². The molecule has 0 aliphatic carbocycles. The molecule has 1 atom stereocenters. The first-order valence-electron chi connectivity index (χ1n) is 5.08. The molecule has 3 nitrogen and oxygen atoms in total. The second-order valence-corrected chi connectivity index (χ2v) is 7.95. The Kier molecular flexibility index (Phi) is 7.22. The molecule has 0 aliphatic rings. The summed E-state index contributed by atoms with van der Waals surface area (Å²) >= 11 is 0.339. The van der Waals surface area contributed by atoms with Gasteiger partial charge in [-0.15, -0.1) is 0 Å². The van der Waals surface area contributed by atoms with Crippen molar-refractivity contribution in [1.82, 2.24) is 0 Å². The smallest absolute Gasteiger partial charge is 0.291 e. The van der Waals surface area contributed by atoms with Crippen LogP contribution in [0.3, 0.4) is 0 Å². The van der Waals surface area contributed by atoms with E-state index >= 15 is 0 Å². The van der Waals surface area contributed by atoms with E-state index in [0.717, 1.165) is 0 Å². The molecule has 11 heteroatoms. The van der Waals surface area contributed by atoms with Crippen LogP contribution in [0, 0.1) is 0 Å². The van der Waals surface area contributed by atoms with Crippen LogP contribution in [0.25, 0.3) is 0 Å². The summed E-state index contributed by atoms with van der Waals surface area (Å²) in [7, 11) is 0. The van der Waals surface area contributed by atoms with Gasteiger partial charge in [0.25, 0.3) is 0 Å². The van der Waals surface area contributed by atoms with Crippen LogP contribution in [-0.4, -0.2) is 30.8 Å². The summed E-state index contributed by atoms with van der Waals surface area (Å²) in [5, 5.41) is -0.465. The van der Waals surface area contributed by atoms with Crippen molar-refractivity contribution in [2.24, 2.45) is 0 Å². The van der Waals surface area contributed by atoms with Crippen molar-refractivity contribution in [3.63, 3.8) is 0 Å². The maximum Gasteiger partial charge on any atom is 0.412 e. The number of rotatable bonds is 7. The van der Waals surface area contributed by atoms with Gasteiger partial charge in [-0.2, -0.15) is 26.3 Å². The van der Waals surface area contributed by atoms with Gasteiger partial charge in [-0.05, 0) is 17.8 Å². The summed E-state index contributed by atoms with van der Waals surface area (Å²) in [4.78, 5) is 0. The second-order valence-electron chi connectivity index (χ2n) is 3.55. The van der Waals surface area contributed by atoms with Crippen molar-refractivity contribution in [1.29, 1.82) is 0 Å². The molecule has 0 aliphatic heterocycles. The van der Waals surface area contributed by atoms with Crippen molar-refractivity contribution in [3.05, 3.63) is 0 Å². The van der Waals surface area contributed by atoms with Crippen molar-refractivity contribution in [2.45, 2.75) is 37.9 Å². The van der Waals surface area contributed by atoms with Crippen LogP contribution < -0.4 is 0 Å². The average Bonchev–Trinajstić information content (AvgIpc) is 2.22. The Bertz CT molecular complexity index is 297. The number of halogens is 6. The fourth-order valence-electron chi connectivity index (χ4n) is 0.698. The fourth-order valence-corrected chi connectivity index (χ4v) is 4.54. The molecule has 116 valence electrons. The zero-order chi connectivity index (χ0) is 15.3. The Morgan fingerprint density at radius 2 is 1.42 bits per heavy atom. The maximum absolute atomic E-state index is 11.9. The molecule has 0 bridgehead atoms. The average molecular weight is 334 g/mol. The third-order valence-electron chi connectivity index (χ3n) is 1.66. The summed E-state index contributed by atoms with van der Waals surface area (Å²) in [5.41, 5.74) is 0. The number of alkyl halides is 6. The Labute approximate surface area is 110 Å². The Hall–Kier alpha value is 0.0800. The standard InChI is InChI=1S/C8H13F6O3PS/c1-3-6(2)19-18(15,16-4-7(9,10)11)17-5-8(12,13)14/h6H,3-5H2,1-2H3. The van der Waals surface area contributed by atoms with Crippen molar-refractivity contribution in [2.75, 3.05) is 13.2 Å². The first-order chi connectivity index (χ1) is 8.37. The lowest BCUT2D eigenvalue weighted by Gasteiger charge is -2.21. The molecule has 0 rings (SSSR count). The largest absolute Gasteiger partial charge is 0.412 e. The summed E-state index contributed by atoms with van der Waals surface area (Å²) < 4.78 is 91.5. The number of hydrogen-bond acceptors (Lipinski definition) is 4. The van der Waals surface area contributed by atoms with Gasteiger partial charge in [0.15, 0.2) is 13.2 Å². The van der Waals surface area contributed by atoms with E-state index in [1.54, 1.807) is 6.92 Å². The van der Waals surface area contributed by atoms with Gasteiger partial charge in [0.2, 0.25) is 0 Å². The van der Waals surface area contributed by atoms with Gasteiger partial charge >= 0.3 is 19.2 Å². The quantitative estimate of drug-likeness (QED) is 0.496. The molecule has 0 saturated heterocycles. The van der Waals surface area contributed by atoms with Crippen LogP contribution in [0.4, 0.5) is 26.3 Å². The lowest BCUT2D eigenvalue weighted by molar-refractivity contribution is -0.164. The van der Waals surface area contributed by atoms with Crippen molar-refractivity contribution in [3.8, 4) is 0 Å². The molecule has 0 fully saturated rings. The lowest BCUT2D eigenvalue weighted by Crippen LogP contribution is -2.19. The van der Waals surface area contributed by atoms with Crippen LogP contribution in [0.15, 0.2) is 0 Å². The molecular weight excluding hydrogens is 321 g/mol. The van der Waals surface area contributed by atoms with E-state index in [4.69, 9.17) is 0 Å². The Balaban J connectivity index is 4.67. The zero-order valence-electron chi connectivity index (χ0n) is 10.0. The van der Waals surface area contributed by atoms with Crippen LogP contribution in [0.5, 0.6) is 0 Å². The summed E-state index contributed by atoms with van der Waals surface area (Å²) in [5.74, 6) is 0. The van der Waals surface area contributed by atoms with E-state index in [9.17, 15) is 30.9 Å². The van der Waals surface area contributed by atoms with E-state index in [2.05, 4.69) is 9.05 Å². The minimum atomic E-state index is -4.80. The third-order valence-corrected chi connectivity index (χ3v) is 5.99. The highest BCUT2D eigenvalue weighted by Gasteiger charge is 2.39. The van der Waals surface area contributed by atoms with E-state index < -0.39 is 37.6 Å². The van der Waals surface area contributed by atoms with Gasteiger partial charge < -0.3 is 0 Å². The minimum absolute atomic E-state index is 0.339. The van der Waals surface area contributed by atoms with Crippen molar-refractivity contribution < 1.29 is 40.0 Å². The Morgan fingerprint density at radius 3 is 1.68 bits per heavy atom. The zero-order valence-corrected chi connectivity index (χ0v) is 11.8. The lowest BCUT2D eigenvalue weighted by atomic mass is 10.4. The Morgan fingerprint density at radius 1 is 1.05 bits per heavy atom. The molecule has 0 aromatic rings. The molecule has 0 spiro atoms. The molecule has 0 saturated carbocycles. The second kappa shape index (κ2) is 7.19. The van der Waals surface area contributed by atoms with Gasteiger partial charge in [-0.25, -0.2) is 4.57 Å². The van der Waals surface area contributed by atoms with Gasteiger partial charge in [0.1, 0.15) is 0 Å². The van der Waals surface area contributed by atoms with Crippen LogP contribution in [0.2, 0.25) is 0 Å². The molecule has 0 aromatic heterocycles. The predicted molar refractivity (Wildman–Crippen MR) is 59.0 cm³/mol. The minimum Gasteiger partial charge on any atom is -0.291 e.